The first-order chi connectivity index (χ1) is 13.5. The quantitative estimate of drug-likeness (QED) is 0.771. The number of aryl methyl sites for hydroxylation is 1. The van der Waals surface area contributed by atoms with E-state index in [0.29, 0.717) is 0 Å². The lowest BCUT2D eigenvalue weighted by Crippen LogP contribution is -2.44. The maximum absolute atomic E-state index is 13.0. The van der Waals surface area contributed by atoms with Gasteiger partial charge in [0.15, 0.2) is 0 Å². The summed E-state index contributed by atoms with van der Waals surface area (Å²) in [5, 5.41) is 4.54. The van der Waals surface area contributed by atoms with Crippen molar-refractivity contribution >= 4 is 16.8 Å². The molecule has 4 nitrogen and oxygen atoms in total. The van der Waals surface area contributed by atoms with Crippen molar-refractivity contribution in [2.24, 2.45) is 5.92 Å². The van der Waals surface area contributed by atoms with Crippen molar-refractivity contribution in [2.75, 3.05) is 19.6 Å². The lowest BCUT2D eigenvalue weighted by molar-refractivity contribution is 0.0915. The van der Waals surface area contributed by atoms with Crippen LogP contribution in [-0.4, -0.2) is 41.5 Å². The molecule has 1 aliphatic carbocycles. The zero-order valence-corrected chi connectivity index (χ0v) is 17.5. The molecule has 1 aromatic carbocycles. The van der Waals surface area contributed by atoms with Crippen LogP contribution in [0.5, 0.6) is 0 Å². The number of para-hydroxylation sites is 1. The monoisotopic (exact) mass is 379 g/mol. The number of nitrogens with one attached hydrogen (secondary N) is 2. The van der Waals surface area contributed by atoms with Crippen LogP contribution in [0, 0.1) is 5.92 Å². The lowest BCUT2D eigenvalue weighted by atomic mass is 9.87. The second-order valence-corrected chi connectivity index (χ2v) is 8.99. The highest BCUT2D eigenvalue weighted by atomic mass is 16.1. The van der Waals surface area contributed by atoms with Crippen LogP contribution >= 0.6 is 0 Å². The molecule has 1 aliphatic heterocycles. The molecule has 2 aromatic rings. The Morgan fingerprint density at radius 2 is 2.04 bits per heavy atom. The predicted octanol–water partition coefficient (Wildman–Crippen LogP) is 4.45. The van der Waals surface area contributed by atoms with E-state index in [9.17, 15) is 4.79 Å². The summed E-state index contributed by atoms with van der Waals surface area (Å²) in [6.45, 7) is 9.73. The first-order valence-corrected chi connectivity index (χ1v) is 10.8. The van der Waals surface area contributed by atoms with Crippen molar-refractivity contribution in [1.29, 1.82) is 0 Å². The molecule has 4 rings (SSSR count). The molecule has 1 fully saturated rings. The fourth-order valence-corrected chi connectivity index (χ4v) is 4.64. The number of aromatic nitrogens is 1. The van der Waals surface area contributed by atoms with Crippen LogP contribution in [0.4, 0.5) is 0 Å². The second kappa shape index (κ2) is 8.12. The number of fused-ring (bicyclic) bond motifs is 3. The average molecular weight is 380 g/mol. The average Bonchev–Trinajstić information content (AvgIpc) is 3.05. The highest BCUT2D eigenvalue weighted by Gasteiger charge is 2.24. The summed E-state index contributed by atoms with van der Waals surface area (Å²) in [5.74, 6) is 0.792. The van der Waals surface area contributed by atoms with Crippen molar-refractivity contribution < 1.29 is 4.79 Å². The summed E-state index contributed by atoms with van der Waals surface area (Å²) in [4.78, 5) is 19.1. The number of aromatic amines is 1. The fourth-order valence-electron chi connectivity index (χ4n) is 4.64. The van der Waals surface area contributed by atoms with E-state index in [4.69, 9.17) is 0 Å². The van der Waals surface area contributed by atoms with Gasteiger partial charge < -0.3 is 10.3 Å². The number of benzene rings is 1. The van der Waals surface area contributed by atoms with E-state index in [1.165, 1.54) is 28.6 Å². The molecule has 1 saturated heterocycles. The number of likely N-dealkylation sites (tertiary alicyclic amines) is 1. The Labute approximate surface area is 168 Å². The fraction of sp³-hybridized carbons (Fsp3) is 0.542. The Balaban J connectivity index is 1.45. The first kappa shape index (κ1) is 19.3. The number of rotatable bonds is 4. The minimum atomic E-state index is 0.0694. The molecule has 1 amide bonds. The number of hydrogen-bond donors (Lipinski definition) is 2. The molecule has 2 N–H and O–H groups in total. The van der Waals surface area contributed by atoms with Gasteiger partial charge in [-0.3, -0.25) is 9.69 Å². The van der Waals surface area contributed by atoms with E-state index < -0.39 is 0 Å². The van der Waals surface area contributed by atoms with Gasteiger partial charge in [-0.15, -0.1) is 0 Å². The van der Waals surface area contributed by atoms with E-state index in [2.05, 4.69) is 48.1 Å². The van der Waals surface area contributed by atoms with Crippen LogP contribution in [0.25, 0.3) is 10.9 Å². The molecular weight excluding hydrogens is 346 g/mol. The zero-order valence-electron chi connectivity index (χ0n) is 17.5. The van der Waals surface area contributed by atoms with E-state index in [1.807, 2.05) is 12.1 Å². The van der Waals surface area contributed by atoms with Crippen molar-refractivity contribution in [2.45, 2.75) is 58.9 Å². The summed E-state index contributed by atoms with van der Waals surface area (Å²) in [6, 6.07) is 6.44. The summed E-state index contributed by atoms with van der Waals surface area (Å²) in [6.07, 6.45) is 7.77. The number of allylic oxidation sites excluding steroid dienone is 1. The molecule has 0 radical (unpaired) electrons. The molecule has 28 heavy (non-hydrogen) atoms. The third kappa shape index (κ3) is 4.02. The van der Waals surface area contributed by atoms with Crippen molar-refractivity contribution in [1.82, 2.24) is 15.2 Å². The Morgan fingerprint density at radius 3 is 2.79 bits per heavy atom. The Morgan fingerprint density at radius 1 is 1.25 bits per heavy atom. The summed E-state index contributed by atoms with van der Waals surface area (Å²) in [7, 11) is 0. The molecule has 2 heterocycles. The van der Waals surface area contributed by atoms with Crippen molar-refractivity contribution in [3.63, 3.8) is 0 Å². The Bertz CT molecular complexity index is 883. The van der Waals surface area contributed by atoms with E-state index in [0.717, 1.165) is 62.3 Å². The number of amides is 1. The number of carbonyl (C=O) groups excluding carboxylic acids is 1. The minimum Gasteiger partial charge on any atom is -0.358 e. The van der Waals surface area contributed by atoms with Gasteiger partial charge in [0.1, 0.15) is 0 Å². The summed E-state index contributed by atoms with van der Waals surface area (Å²) < 4.78 is 0. The minimum absolute atomic E-state index is 0.0694. The molecule has 1 aromatic heterocycles. The van der Waals surface area contributed by atoms with Crippen molar-refractivity contribution in [3.8, 4) is 0 Å². The number of nitrogens with zero attached hydrogens (tertiary/aromatic N) is 1. The topological polar surface area (TPSA) is 48.1 Å². The van der Waals surface area contributed by atoms with E-state index in [-0.39, 0.29) is 11.9 Å². The third-order valence-electron chi connectivity index (χ3n) is 6.39. The zero-order chi connectivity index (χ0) is 19.7. The van der Waals surface area contributed by atoms with Crippen molar-refractivity contribution in [3.05, 3.63) is 46.7 Å². The van der Waals surface area contributed by atoms with Crippen LogP contribution in [-0.2, 0) is 12.8 Å². The molecule has 2 aliphatic rings. The van der Waals surface area contributed by atoms with Gasteiger partial charge in [-0.05, 0) is 63.5 Å². The van der Waals surface area contributed by atoms with Crippen LogP contribution in [0.1, 0.15) is 61.6 Å². The number of piperidine rings is 1. The van der Waals surface area contributed by atoms with Gasteiger partial charge in [0.2, 0.25) is 0 Å². The lowest BCUT2D eigenvalue weighted by Gasteiger charge is -2.31. The van der Waals surface area contributed by atoms with Gasteiger partial charge in [-0.2, -0.15) is 0 Å². The normalized spacial score (nSPS) is 20.8. The number of carbonyl (C=O) groups is 1. The van der Waals surface area contributed by atoms with Gasteiger partial charge in [-0.25, -0.2) is 0 Å². The summed E-state index contributed by atoms with van der Waals surface area (Å²) in [5.41, 5.74) is 5.95. The third-order valence-corrected chi connectivity index (χ3v) is 6.39. The molecule has 0 saturated carbocycles. The van der Waals surface area contributed by atoms with Crippen LogP contribution in [0.15, 0.2) is 29.8 Å². The van der Waals surface area contributed by atoms with Crippen LogP contribution in [0.2, 0.25) is 0 Å². The molecular formula is C24H33N3O. The van der Waals surface area contributed by atoms with E-state index in [1.54, 1.807) is 0 Å². The molecule has 1 unspecified atom stereocenters. The Hall–Kier alpha value is -2.07. The number of H-pyrrole nitrogens is 1. The number of hydrogen-bond acceptors (Lipinski definition) is 2. The van der Waals surface area contributed by atoms with Crippen LogP contribution in [0.3, 0.4) is 0 Å². The van der Waals surface area contributed by atoms with Gasteiger partial charge in [0, 0.05) is 36.8 Å². The van der Waals surface area contributed by atoms with Gasteiger partial charge >= 0.3 is 0 Å². The predicted molar refractivity (Wildman–Crippen MR) is 116 cm³/mol. The standard InChI is InChI=1S/C24H33N3O/c1-16(2)9-12-27-13-10-18(11-14-27)25-24(28)20-6-4-5-19-21-15-17(3)7-8-22(21)26-23(19)20/h4-6,9,17-18,26H,7-8,10-15H2,1-3H3,(H,25,28). The largest absolute Gasteiger partial charge is 0.358 e. The van der Waals surface area contributed by atoms with Gasteiger partial charge in [0.25, 0.3) is 5.91 Å². The first-order valence-electron chi connectivity index (χ1n) is 10.8. The molecule has 1 atom stereocenters. The van der Waals surface area contributed by atoms with Gasteiger partial charge in [-0.1, -0.05) is 30.7 Å². The summed E-state index contributed by atoms with van der Waals surface area (Å²) >= 11 is 0. The highest BCUT2D eigenvalue weighted by molar-refractivity contribution is 6.07. The molecule has 0 spiro atoms. The van der Waals surface area contributed by atoms with E-state index >= 15 is 0 Å². The smallest absolute Gasteiger partial charge is 0.253 e. The Kier molecular flexibility index (Phi) is 5.58. The van der Waals surface area contributed by atoms with Crippen LogP contribution < -0.4 is 5.32 Å². The molecule has 150 valence electrons. The second-order valence-electron chi connectivity index (χ2n) is 8.99. The molecule has 4 heteroatoms. The maximum Gasteiger partial charge on any atom is 0.253 e. The maximum atomic E-state index is 13.0. The van der Waals surface area contributed by atoms with Gasteiger partial charge in [0.05, 0.1) is 11.1 Å². The molecule has 0 bridgehead atoms. The highest BCUT2D eigenvalue weighted by Crippen LogP contribution is 2.33. The SMILES string of the molecule is CC(C)=CCN1CCC(NC(=O)c2cccc3c4c([nH]c23)CCC(C)C4)CC1.